The van der Waals surface area contributed by atoms with Crippen LogP contribution < -0.4 is 0 Å². The zero-order chi connectivity index (χ0) is 13.2. The van der Waals surface area contributed by atoms with Crippen molar-refractivity contribution in [3.05, 3.63) is 63.6 Å². The van der Waals surface area contributed by atoms with E-state index in [1.165, 1.54) is 0 Å². The molecule has 0 amide bonds. The van der Waals surface area contributed by atoms with Gasteiger partial charge in [-0.25, -0.2) is 4.98 Å². The molecule has 3 aromatic rings. The van der Waals surface area contributed by atoms with Gasteiger partial charge >= 0.3 is 0 Å². The highest BCUT2D eigenvalue weighted by atomic mass is 127. The first-order valence-corrected chi connectivity index (χ1v) is 7.09. The van der Waals surface area contributed by atoms with Crippen molar-refractivity contribution in [2.45, 2.75) is 12.5 Å². The van der Waals surface area contributed by atoms with Crippen molar-refractivity contribution < 1.29 is 9.52 Å². The van der Waals surface area contributed by atoms with Crippen molar-refractivity contribution in [2.75, 3.05) is 0 Å². The van der Waals surface area contributed by atoms with Crippen molar-refractivity contribution in [3.63, 3.8) is 0 Å². The first-order valence-electron chi connectivity index (χ1n) is 6.01. The molecule has 1 heterocycles. The second-order valence-electron chi connectivity index (χ2n) is 4.32. The summed E-state index contributed by atoms with van der Waals surface area (Å²) in [4.78, 5) is 4.38. The largest absolute Gasteiger partial charge is 0.441 e. The minimum absolute atomic E-state index is 0.384. The molecule has 0 bridgehead atoms. The molecule has 0 aliphatic carbocycles. The molecule has 96 valence electrons. The molecule has 0 aliphatic rings. The normalized spacial score (nSPS) is 12.7. The topological polar surface area (TPSA) is 46.3 Å². The number of hydrogen-bond donors (Lipinski definition) is 1. The summed E-state index contributed by atoms with van der Waals surface area (Å²) < 4.78 is 6.67. The number of aromatic nitrogens is 1. The van der Waals surface area contributed by atoms with E-state index in [4.69, 9.17) is 4.42 Å². The fraction of sp³-hybridized carbons (Fsp3) is 0.133. The van der Waals surface area contributed by atoms with E-state index in [0.29, 0.717) is 12.3 Å². The molecule has 0 fully saturated rings. The first-order chi connectivity index (χ1) is 9.24. The Hall–Kier alpha value is -1.40. The molecule has 0 spiro atoms. The number of aliphatic hydroxyl groups excluding tert-OH is 1. The van der Waals surface area contributed by atoms with Crippen LogP contribution in [0.25, 0.3) is 11.1 Å². The van der Waals surface area contributed by atoms with Crippen LogP contribution in [0.3, 0.4) is 0 Å². The van der Waals surface area contributed by atoms with Crippen molar-refractivity contribution in [2.24, 2.45) is 0 Å². The third-order valence-corrected chi connectivity index (χ3v) is 3.95. The predicted octanol–water partition coefficient (Wildman–Crippen LogP) is 3.71. The Morgan fingerprint density at radius 1 is 1.11 bits per heavy atom. The number of aliphatic hydroxyl groups is 1. The highest BCUT2D eigenvalue weighted by Gasteiger charge is 2.15. The van der Waals surface area contributed by atoms with Gasteiger partial charge in [-0.05, 0) is 46.4 Å². The quantitative estimate of drug-likeness (QED) is 0.720. The van der Waals surface area contributed by atoms with Crippen LogP contribution >= 0.6 is 22.6 Å². The summed E-state index contributed by atoms with van der Waals surface area (Å²) in [6.07, 6.45) is -0.213. The van der Waals surface area contributed by atoms with Gasteiger partial charge in [-0.3, -0.25) is 0 Å². The van der Waals surface area contributed by atoms with Gasteiger partial charge in [-0.15, -0.1) is 0 Å². The summed E-state index contributed by atoms with van der Waals surface area (Å²) in [5.74, 6) is 0.563. The molecule has 0 saturated heterocycles. The fourth-order valence-corrected chi connectivity index (χ4v) is 2.77. The lowest BCUT2D eigenvalue weighted by Gasteiger charge is -2.10. The van der Waals surface area contributed by atoms with E-state index in [2.05, 4.69) is 27.6 Å². The lowest BCUT2D eigenvalue weighted by molar-refractivity contribution is 0.168. The maximum Gasteiger partial charge on any atom is 0.198 e. The number of rotatable bonds is 3. The van der Waals surface area contributed by atoms with E-state index in [-0.39, 0.29) is 0 Å². The third kappa shape index (κ3) is 2.64. The van der Waals surface area contributed by atoms with Crippen LogP contribution in [-0.4, -0.2) is 10.1 Å². The van der Waals surface area contributed by atoms with Gasteiger partial charge in [0.1, 0.15) is 5.52 Å². The summed E-state index contributed by atoms with van der Waals surface area (Å²) in [6, 6.07) is 15.4. The van der Waals surface area contributed by atoms with E-state index in [1.54, 1.807) is 0 Å². The highest BCUT2D eigenvalue weighted by molar-refractivity contribution is 14.1. The van der Waals surface area contributed by atoms with Gasteiger partial charge in [0.25, 0.3) is 0 Å². The molecule has 0 saturated carbocycles. The molecule has 3 nitrogen and oxygen atoms in total. The van der Waals surface area contributed by atoms with Crippen molar-refractivity contribution >= 4 is 33.7 Å². The maximum absolute atomic E-state index is 10.3. The molecule has 1 N–H and O–H groups in total. The molecule has 19 heavy (non-hydrogen) atoms. The Kier molecular flexibility index (Phi) is 3.52. The Bertz CT molecular complexity index is 675. The molecule has 1 unspecified atom stereocenters. The van der Waals surface area contributed by atoms with E-state index in [0.717, 1.165) is 20.2 Å². The van der Waals surface area contributed by atoms with Crippen molar-refractivity contribution in [3.8, 4) is 0 Å². The second kappa shape index (κ2) is 5.30. The number of benzene rings is 2. The van der Waals surface area contributed by atoms with Gasteiger partial charge in [0, 0.05) is 3.57 Å². The number of fused-ring (bicyclic) bond motifs is 1. The van der Waals surface area contributed by atoms with E-state index >= 15 is 0 Å². The van der Waals surface area contributed by atoms with Crippen molar-refractivity contribution in [1.82, 2.24) is 4.98 Å². The Morgan fingerprint density at radius 3 is 2.63 bits per heavy atom. The molecular weight excluding hydrogens is 353 g/mol. The minimum Gasteiger partial charge on any atom is -0.441 e. The van der Waals surface area contributed by atoms with Gasteiger partial charge in [0.15, 0.2) is 11.5 Å². The average molecular weight is 365 g/mol. The lowest BCUT2D eigenvalue weighted by atomic mass is 10.1. The summed E-state index contributed by atoms with van der Waals surface area (Å²) >= 11 is 2.22. The molecule has 1 atom stereocenters. The molecule has 4 heteroatoms. The molecular formula is C15H12INO2. The second-order valence-corrected chi connectivity index (χ2v) is 5.48. The third-order valence-electron chi connectivity index (χ3n) is 2.97. The Labute approximate surface area is 124 Å². The summed E-state index contributed by atoms with van der Waals surface area (Å²) in [6.45, 7) is 0. The summed E-state index contributed by atoms with van der Waals surface area (Å²) in [5, 5.41) is 10.3. The summed E-state index contributed by atoms with van der Waals surface area (Å²) in [5.41, 5.74) is 2.49. The zero-order valence-electron chi connectivity index (χ0n) is 10.1. The Morgan fingerprint density at radius 2 is 1.84 bits per heavy atom. The van der Waals surface area contributed by atoms with E-state index in [9.17, 15) is 5.11 Å². The maximum atomic E-state index is 10.3. The van der Waals surface area contributed by atoms with Gasteiger partial charge < -0.3 is 9.52 Å². The number of halogens is 1. The van der Waals surface area contributed by atoms with Crippen LogP contribution in [-0.2, 0) is 6.42 Å². The highest BCUT2D eigenvalue weighted by Crippen LogP contribution is 2.24. The van der Waals surface area contributed by atoms with E-state index < -0.39 is 6.10 Å². The fourth-order valence-electron chi connectivity index (χ4n) is 2.03. The van der Waals surface area contributed by atoms with Crippen molar-refractivity contribution in [1.29, 1.82) is 0 Å². The van der Waals surface area contributed by atoms with Crippen LogP contribution in [0.15, 0.2) is 52.9 Å². The number of nitrogens with zero attached hydrogens (tertiary/aromatic N) is 1. The zero-order valence-corrected chi connectivity index (χ0v) is 12.2. The standard InChI is InChI=1S/C15H12INO2/c16-11-6-2-1-5-10(11)13(18)9-15-17-12-7-3-4-8-14(12)19-15/h1-8,13,18H,9H2. The molecule has 2 aromatic carbocycles. The molecule has 1 aromatic heterocycles. The van der Waals surface area contributed by atoms with Gasteiger partial charge in [-0.2, -0.15) is 0 Å². The van der Waals surface area contributed by atoms with Gasteiger partial charge in [0.05, 0.1) is 12.5 Å². The minimum atomic E-state index is -0.596. The number of hydrogen-bond acceptors (Lipinski definition) is 3. The van der Waals surface area contributed by atoms with Crippen LogP contribution in [0.5, 0.6) is 0 Å². The lowest BCUT2D eigenvalue weighted by Crippen LogP contribution is -2.03. The summed E-state index contributed by atoms with van der Waals surface area (Å²) in [7, 11) is 0. The van der Waals surface area contributed by atoms with Crippen LogP contribution in [0.2, 0.25) is 0 Å². The predicted molar refractivity (Wildman–Crippen MR) is 81.8 cm³/mol. The average Bonchev–Trinajstić information content (AvgIpc) is 2.81. The first kappa shape index (κ1) is 12.6. The molecule has 0 aliphatic heterocycles. The smallest absolute Gasteiger partial charge is 0.198 e. The number of para-hydroxylation sites is 2. The Balaban J connectivity index is 1.86. The van der Waals surface area contributed by atoms with E-state index in [1.807, 2.05) is 48.5 Å². The number of oxazole rings is 1. The van der Waals surface area contributed by atoms with Crippen LogP contribution in [0, 0.1) is 3.57 Å². The van der Waals surface area contributed by atoms with Crippen LogP contribution in [0.1, 0.15) is 17.6 Å². The molecule has 3 rings (SSSR count). The van der Waals surface area contributed by atoms with Gasteiger partial charge in [0.2, 0.25) is 0 Å². The van der Waals surface area contributed by atoms with Crippen LogP contribution in [0.4, 0.5) is 0 Å². The molecule has 0 radical (unpaired) electrons. The SMILES string of the molecule is OC(Cc1nc2ccccc2o1)c1ccccc1I. The van der Waals surface area contributed by atoms with Gasteiger partial charge in [-0.1, -0.05) is 30.3 Å². The monoisotopic (exact) mass is 365 g/mol.